The topological polar surface area (TPSA) is 68.2 Å². The maximum Gasteiger partial charge on any atom is 0.342 e. The van der Waals surface area contributed by atoms with E-state index >= 15 is 0 Å². The monoisotopic (exact) mass is 510 g/mol. The van der Waals surface area contributed by atoms with Gasteiger partial charge in [-0.2, -0.15) is 5.10 Å². The molecule has 7 heteroatoms. The Labute approximate surface area is 219 Å². The molecule has 1 amide bonds. The lowest BCUT2D eigenvalue weighted by atomic mass is 9.97. The number of carbonyl (C=O) groups excluding carboxylic acids is 2. The van der Waals surface area contributed by atoms with E-state index in [1.165, 1.54) is 12.1 Å². The Kier molecular flexibility index (Phi) is 7.23. The van der Waals surface area contributed by atoms with E-state index in [0.717, 1.165) is 32.5 Å². The van der Waals surface area contributed by atoms with Crippen LogP contribution in [0.2, 0.25) is 0 Å². The summed E-state index contributed by atoms with van der Waals surface area (Å²) in [7, 11) is 1.50. The number of esters is 1. The highest BCUT2D eigenvalue weighted by Crippen LogP contribution is 2.33. The summed E-state index contributed by atoms with van der Waals surface area (Å²) in [6.45, 7) is -0.426. The Morgan fingerprint density at radius 3 is 2.46 bits per heavy atom. The van der Waals surface area contributed by atoms with Crippen molar-refractivity contribution in [1.82, 2.24) is 5.01 Å². The van der Waals surface area contributed by atoms with E-state index in [1.54, 1.807) is 23.9 Å². The highest BCUT2D eigenvalue weighted by atomic mass is 32.2. The van der Waals surface area contributed by atoms with Crippen LogP contribution in [0.25, 0.3) is 10.8 Å². The molecule has 1 heterocycles. The van der Waals surface area contributed by atoms with Gasteiger partial charge in [0.1, 0.15) is 11.3 Å². The van der Waals surface area contributed by atoms with Crippen molar-refractivity contribution < 1.29 is 19.1 Å². The third-order valence-corrected chi connectivity index (χ3v) is 7.11. The summed E-state index contributed by atoms with van der Waals surface area (Å²) in [6.07, 6.45) is 2.50. The Hall–Kier alpha value is -4.10. The molecule has 4 aromatic rings. The first kappa shape index (κ1) is 24.6. The SMILES string of the molecule is COc1cc(SC)ccc1C(=O)OCC(=O)N1N=C(c2ccc3ccccc3c2)CC1c1ccccc1. The lowest BCUT2D eigenvalue weighted by molar-refractivity contribution is -0.136. The molecule has 4 aromatic carbocycles. The Balaban J connectivity index is 1.38. The van der Waals surface area contributed by atoms with Gasteiger partial charge in [0.25, 0.3) is 5.91 Å². The molecule has 5 rings (SSSR count). The van der Waals surface area contributed by atoms with Crippen molar-refractivity contribution in [2.75, 3.05) is 20.0 Å². The largest absolute Gasteiger partial charge is 0.496 e. The van der Waals surface area contributed by atoms with Gasteiger partial charge in [0.2, 0.25) is 0 Å². The van der Waals surface area contributed by atoms with Gasteiger partial charge in [-0.3, -0.25) is 4.79 Å². The number of fused-ring (bicyclic) bond motifs is 1. The van der Waals surface area contributed by atoms with E-state index in [-0.39, 0.29) is 11.6 Å². The number of hydrazone groups is 1. The Morgan fingerprint density at radius 1 is 0.946 bits per heavy atom. The van der Waals surface area contributed by atoms with E-state index in [4.69, 9.17) is 14.6 Å². The minimum Gasteiger partial charge on any atom is -0.496 e. The quantitative estimate of drug-likeness (QED) is 0.222. The highest BCUT2D eigenvalue weighted by Gasteiger charge is 2.33. The average molecular weight is 511 g/mol. The van der Waals surface area contributed by atoms with Crippen LogP contribution in [0.15, 0.2) is 101 Å². The first-order valence-corrected chi connectivity index (χ1v) is 13.1. The zero-order valence-electron chi connectivity index (χ0n) is 20.6. The molecule has 1 aliphatic heterocycles. The number of thioether (sulfide) groups is 1. The molecule has 0 bridgehead atoms. The van der Waals surface area contributed by atoms with Gasteiger partial charge in [-0.25, -0.2) is 9.80 Å². The van der Waals surface area contributed by atoms with E-state index < -0.39 is 18.5 Å². The number of hydrogen-bond acceptors (Lipinski definition) is 6. The van der Waals surface area contributed by atoms with Gasteiger partial charge in [-0.15, -0.1) is 11.8 Å². The maximum atomic E-state index is 13.3. The van der Waals surface area contributed by atoms with Crippen molar-refractivity contribution in [1.29, 1.82) is 0 Å². The Morgan fingerprint density at radius 2 is 1.70 bits per heavy atom. The molecule has 1 unspecified atom stereocenters. The Bertz CT molecular complexity index is 1490. The number of hydrogen-bond donors (Lipinski definition) is 0. The van der Waals surface area contributed by atoms with Gasteiger partial charge in [0.15, 0.2) is 6.61 Å². The fraction of sp³-hybridized carbons (Fsp3) is 0.167. The third-order valence-electron chi connectivity index (χ3n) is 6.39. The van der Waals surface area contributed by atoms with Gasteiger partial charge in [-0.05, 0) is 52.4 Å². The molecule has 0 saturated heterocycles. The molecule has 1 atom stereocenters. The lowest BCUT2D eigenvalue weighted by Gasteiger charge is -2.22. The van der Waals surface area contributed by atoms with E-state index in [2.05, 4.69) is 24.3 Å². The predicted molar refractivity (Wildman–Crippen MR) is 146 cm³/mol. The van der Waals surface area contributed by atoms with Crippen molar-refractivity contribution >= 4 is 40.1 Å². The summed E-state index contributed by atoms with van der Waals surface area (Å²) in [5.74, 6) is -0.603. The number of ether oxygens (including phenoxy) is 2. The zero-order valence-corrected chi connectivity index (χ0v) is 21.4. The van der Waals surface area contributed by atoms with Crippen LogP contribution in [0.1, 0.15) is 33.9 Å². The summed E-state index contributed by atoms with van der Waals surface area (Å²) >= 11 is 1.54. The summed E-state index contributed by atoms with van der Waals surface area (Å²) in [5.41, 5.74) is 3.02. The molecule has 6 nitrogen and oxygen atoms in total. The zero-order chi connectivity index (χ0) is 25.8. The molecule has 0 radical (unpaired) electrons. The molecule has 0 aromatic heterocycles. The first-order chi connectivity index (χ1) is 18.1. The van der Waals surface area contributed by atoms with Crippen molar-refractivity contribution in [2.45, 2.75) is 17.4 Å². The van der Waals surface area contributed by atoms with E-state index in [0.29, 0.717) is 12.2 Å². The number of nitrogens with zero attached hydrogens (tertiary/aromatic N) is 2. The van der Waals surface area contributed by atoms with Crippen molar-refractivity contribution in [3.63, 3.8) is 0 Å². The predicted octanol–water partition coefficient (Wildman–Crippen LogP) is 6.11. The van der Waals surface area contributed by atoms with Crippen LogP contribution in [0.4, 0.5) is 0 Å². The maximum absolute atomic E-state index is 13.3. The van der Waals surface area contributed by atoms with Crippen molar-refractivity contribution in [3.8, 4) is 5.75 Å². The fourth-order valence-electron chi connectivity index (χ4n) is 4.46. The van der Waals surface area contributed by atoms with Crippen LogP contribution in [0.5, 0.6) is 5.75 Å². The fourth-order valence-corrected chi connectivity index (χ4v) is 4.89. The number of methoxy groups -OCH3 is 1. The summed E-state index contributed by atoms with van der Waals surface area (Å²) in [6, 6.07) is 29.1. The molecule has 1 aliphatic rings. The van der Waals surface area contributed by atoms with Crippen LogP contribution in [0, 0.1) is 0 Å². The van der Waals surface area contributed by atoms with E-state index in [9.17, 15) is 9.59 Å². The van der Waals surface area contributed by atoms with Crippen LogP contribution in [0.3, 0.4) is 0 Å². The summed E-state index contributed by atoms with van der Waals surface area (Å²) in [5, 5.41) is 8.41. The van der Waals surface area contributed by atoms with Crippen molar-refractivity contribution in [2.24, 2.45) is 5.10 Å². The highest BCUT2D eigenvalue weighted by molar-refractivity contribution is 7.98. The second-order valence-electron chi connectivity index (χ2n) is 8.62. The lowest BCUT2D eigenvalue weighted by Crippen LogP contribution is -2.31. The minimum absolute atomic E-state index is 0.273. The smallest absolute Gasteiger partial charge is 0.342 e. The minimum atomic E-state index is -0.618. The van der Waals surface area contributed by atoms with Crippen LogP contribution in [-0.2, 0) is 9.53 Å². The summed E-state index contributed by atoms with van der Waals surface area (Å²) < 4.78 is 10.8. The molecule has 0 saturated carbocycles. The second-order valence-corrected chi connectivity index (χ2v) is 9.50. The molecule has 37 heavy (non-hydrogen) atoms. The molecular weight excluding hydrogens is 484 g/mol. The number of carbonyl (C=O) groups is 2. The van der Waals surface area contributed by atoms with Crippen molar-refractivity contribution in [3.05, 3.63) is 108 Å². The van der Waals surface area contributed by atoms with Crippen LogP contribution >= 0.6 is 11.8 Å². The molecule has 0 spiro atoms. The number of amides is 1. The number of benzene rings is 4. The normalized spacial score (nSPS) is 14.9. The molecular formula is C30H26N2O4S. The molecule has 0 N–H and O–H groups in total. The van der Waals surface area contributed by atoms with Crippen LogP contribution in [-0.4, -0.2) is 42.6 Å². The molecule has 0 aliphatic carbocycles. The van der Waals surface area contributed by atoms with Gasteiger partial charge < -0.3 is 9.47 Å². The second kappa shape index (κ2) is 10.9. The van der Waals surface area contributed by atoms with Gasteiger partial charge in [0.05, 0.1) is 18.9 Å². The van der Waals surface area contributed by atoms with Gasteiger partial charge in [-0.1, -0.05) is 66.7 Å². The summed E-state index contributed by atoms with van der Waals surface area (Å²) in [4.78, 5) is 27.1. The standard InChI is InChI=1S/C30H26N2O4S/c1-35-28-17-24(37-2)14-15-25(28)30(34)36-19-29(33)32-27(21-9-4-3-5-10-21)18-26(31-32)23-13-12-20-8-6-7-11-22(20)16-23/h3-17,27H,18-19H2,1-2H3. The molecule has 0 fully saturated rings. The first-order valence-electron chi connectivity index (χ1n) is 11.9. The van der Waals surface area contributed by atoms with E-state index in [1.807, 2.05) is 60.9 Å². The van der Waals surface area contributed by atoms with Gasteiger partial charge >= 0.3 is 5.97 Å². The third kappa shape index (κ3) is 5.22. The van der Waals surface area contributed by atoms with Crippen LogP contribution < -0.4 is 4.74 Å². The number of rotatable bonds is 7. The molecule has 186 valence electrons. The van der Waals surface area contributed by atoms with Gasteiger partial charge in [0, 0.05) is 11.3 Å². The average Bonchev–Trinajstić information content (AvgIpc) is 3.41.